The van der Waals surface area contributed by atoms with Crippen LogP contribution in [0.4, 0.5) is 5.69 Å². The van der Waals surface area contributed by atoms with Crippen LogP contribution in [0, 0.1) is 28.4 Å². The zero-order valence-corrected chi connectivity index (χ0v) is 13.7. The van der Waals surface area contributed by atoms with E-state index in [0.29, 0.717) is 24.2 Å². The number of nitro benzene ring substituents is 1. The zero-order valence-electron chi connectivity index (χ0n) is 13.7. The Morgan fingerprint density at radius 3 is 2.62 bits per heavy atom. The second-order valence-corrected chi connectivity index (χ2v) is 6.10. The Balaban J connectivity index is 1.99. The van der Waals surface area contributed by atoms with Crippen molar-refractivity contribution in [1.29, 1.82) is 5.26 Å². The Bertz CT molecular complexity index is 658. The van der Waals surface area contributed by atoms with Crippen molar-refractivity contribution in [3.8, 4) is 11.8 Å². The van der Waals surface area contributed by atoms with E-state index in [4.69, 9.17) is 4.74 Å². The lowest BCUT2D eigenvalue weighted by Crippen LogP contribution is -2.48. The second kappa shape index (κ2) is 7.77. The number of amides is 1. The molecule has 1 aliphatic carbocycles. The predicted molar refractivity (Wildman–Crippen MR) is 87.5 cm³/mol. The van der Waals surface area contributed by atoms with Gasteiger partial charge in [-0.05, 0) is 25.8 Å². The molecule has 7 heteroatoms. The number of nitriles is 1. The lowest BCUT2D eigenvalue weighted by atomic mass is 9.92. The number of carbonyl (C=O) groups is 1. The van der Waals surface area contributed by atoms with Gasteiger partial charge in [0.1, 0.15) is 11.3 Å². The number of nitrogens with one attached hydrogen (secondary N) is 1. The first-order valence-electron chi connectivity index (χ1n) is 8.06. The Hall–Kier alpha value is -2.62. The fraction of sp³-hybridized carbons (Fsp3) is 0.529. The molecule has 0 saturated heterocycles. The Morgan fingerprint density at radius 1 is 1.38 bits per heavy atom. The molecule has 128 valence electrons. The normalized spacial score (nSPS) is 16.5. The van der Waals surface area contributed by atoms with E-state index in [2.05, 4.69) is 11.4 Å². The van der Waals surface area contributed by atoms with Crippen LogP contribution in [0.15, 0.2) is 18.2 Å². The van der Waals surface area contributed by atoms with E-state index in [-0.39, 0.29) is 18.2 Å². The minimum Gasteiger partial charge on any atom is -0.483 e. The molecular weight excluding hydrogens is 310 g/mol. The van der Waals surface area contributed by atoms with Crippen molar-refractivity contribution >= 4 is 11.6 Å². The first kappa shape index (κ1) is 17.7. The topological polar surface area (TPSA) is 105 Å². The van der Waals surface area contributed by atoms with Gasteiger partial charge in [0, 0.05) is 6.07 Å². The van der Waals surface area contributed by atoms with E-state index >= 15 is 0 Å². The summed E-state index contributed by atoms with van der Waals surface area (Å²) in [5.74, 6) is -0.0874. The maximum atomic E-state index is 12.2. The van der Waals surface area contributed by atoms with Crippen LogP contribution in [0.3, 0.4) is 0 Å². The maximum Gasteiger partial charge on any atom is 0.276 e. The summed E-state index contributed by atoms with van der Waals surface area (Å²) in [6.45, 7) is 1.30. The summed E-state index contributed by atoms with van der Waals surface area (Å²) in [5, 5.41) is 23.2. The highest BCUT2D eigenvalue weighted by molar-refractivity contribution is 5.79. The molecule has 0 aromatic heterocycles. The van der Waals surface area contributed by atoms with Gasteiger partial charge in [0.15, 0.2) is 6.61 Å². The fourth-order valence-corrected chi connectivity index (χ4v) is 3.00. The number of benzene rings is 1. The second-order valence-electron chi connectivity index (χ2n) is 6.10. The molecule has 1 amide bonds. The van der Waals surface area contributed by atoms with Crippen molar-refractivity contribution in [1.82, 2.24) is 5.32 Å². The number of nitro groups is 1. The van der Waals surface area contributed by atoms with Gasteiger partial charge in [0.25, 0.3) is 11.6 Å². The summed E-state index contributed by atoms with van der Waals surface area (Å²) in [6.07, 6.45) is 5.26. The molecule has 0 bridgehead atoms. The molecule has 1 aromatic carbocycles. The number of hydrogen-bond donors (Lipinski definition) is 1. The number of rotatable bonds is 5. The highest BCUT2D eigenvalue weighted by atomic mass is 16.6. The standard InChI is InChI=1S/C17H21N3O4/c1-13-14(20(22)23)7-6-8-15(13)24-11-16(21)19-17(12-18)9-4-2-3-5-10-17/h6-8H,2-5,9-11H2,1H3,(H,19,21). The van der Waals surface area contributed by atoms with Gasteiger partial charge in [0.05, 0.1) is 16.6 Å². The molecule has 1 saturated carbocycles. The van der Waals surface area contributed by atoms with Crippen molar-refractivity contribution < 1.29 is 14.5 Å². The minimum absolute atomic E-state index is 0.0508. The Kier molecular flexibility index (Phi) is 5.74. The Morgan fingerprint density at radius 2 is 2.04 bits per heavy atom. The molecule has 0 radical (unpaired) electrons. The van der Waals surface area contributed by atoms with E-state index in [1.165, 1.54) is 12.1 Å². The lowest BCUT2D eigenvalue weighted by Gasteiger charge is -2.26. The average Bonchev–Trinajstić information content (AvgIpc) is 2.79. The molecule has 1 fully saturated rings. The number of nitrogens with zero attached hydrogens (tertiary/aromatic N) is 2. The van der Waals surface area contributed by atoms with Gasteiger partial charge in [0.2, 0.25) is 0 Å². The van der Waals surface area contributed by atoms with E-state index in [1.807, 2.05) is 0 Å². The molecule has 2 rings (SSSR count). The van der Waals surface area contributed by atoms with Crippen molar-refractivity contribution in [2.24, 2.45) is 0 Å². The van der Waals surface area contributed by atoms with E-state index in [9.17, 15) is 20.2 Å². The maximum absolute atomic E-state index is 12.2. The summed E-state index contributed by atoms with van der Waals surface area (Å²) < 4.78 is 5.43. The summed E-state index contributed by atoms with van der Waals surface area (Å²) in [7, 11) is 0. The Labute approximate surface area is 140 Å². The van der Waals surface area contributed by atoms with Crippen molar-refractivity contribution in [3.63, 3.8) is 0 Å². The number of carbonyl (C=O) groups excluding carboxylic acids is 1. The minimum atomic E-state index is -0.825. The molecule has 7 nitrogen and oxygen atoms in total. The van der Waals surface area contributed by atoms with Crippen molar-refractivity contribution in [3.05, 3.63) is 33.9 Å². The van der Waals surface area contributed by atoms with Crippen LogP contribution in [0.25, 0.3) is 0 Å². The van der Waals surface area contributed by atoms with Gasteiger partial charge >= 0.3 is 0 Å². The first-order valence-corrected chi connectivity index (χ1v) is 8.06. The van der Waals surface area contributed by atoms with Crippen LogP contribution in [0.1, 0.15) is 44.1 Å². The van der Waals surface area contributed by atoms with Gasteiger partial charge in [-0.25, -0.2) is 0 Å². The molecule has 0 aliphatic heterocycles. The van der Waals surface area contributed by atoms with E-state index < -0.39 is 10.5 Å². The van der Waals surface area contributed by atoms with Crippen molar-refractivity contribution in [2.75, 3.05) is 6.61 Å². The van der Waals surface area contributed by atoms with Gasteiger partial charge in [-0.15, -0.1) is 0 Å². The van der Waals surface area contributed by atoms with Crippen LogP contribution in [0.5, 0.6) is 5.75 Å². The summed E-state index contributed by atoms with van der Waals surface area (Å²) >= 11 is 0. The largest absolute Gasteiger partial charge is 0.483 e. The third kappa shape index (κ3) is 4.22. The quantitative estimate of drug-likeness (QED) is 0.507. The summed E-state index contributed by atoms with van der Waals surface area (Å²) in [5.41, 5.74) is -0.501. The van der Waals surface area contributed by atoms with Crippen LogP contribution >= 0.6 is 0 Å². The van der Waals surface area contributed by atoms with Gasteiger partial charge in [-0.3, -0.25) is 14.9 Å². The molecule has 1 aliphatic rings. The van der Waals surface area contributed by atoms with Gasteiger partial charge < -0.3 is 10.1 Å². The highest BCUT2D eigenvalue weighted by Crippen LogP contribution is 2.28. The summed E-state index contributed by atoms with van der Waals surface area (Å²) in [6, 6.07) is 6.73. The molecule has 24 heavy (non-hydrogen) atoms. The van der Waals surface area contributed by atoms with Crippen LogP contribution < -0.4 is 10.1 Å². The smallest absolute Gasteiger partial charge is 0.276 e. The van der Waals surface area contributed by atoms with Gasteiger partial charge in [-0.1, -0.05) is 31.7 Å². The molecular formula is C17H21N3O4. The average molecular weight is 331 g/mol. The zero-order chi connectivity index (χ0) is 17.6. The van der Waals surface area contributed by atoms with E-state index in [1.54, 1.807) is 13.0 Å². The first-order chi connectivity index (χ1) is 11.5. The number of hydrogen-bond acceptors (Lipinski definition) is 5. The van der Waals surface area contributed by atoms with Crippen LogP contribution in [0.2, 0.25) is 0 Å². The third-order valence-electron chi connectivity index (χ3n) is 4.36. The number of ether oxygens (including phenoxy) is 1. The SMILES string of the molecule is Cc1c(OCC(=O)NC2(C#N)CCCCCC2)cccc1[N+](=O)[O-]. The molecule has 0 unspecified atom stereocenters. The van der Waals surface area contributed by atoms with Crippen LogP contribution in [-0.2, 0) is 4.79 Å². The third-order valence-corrected chi connectivity index (χ3v) is 4.36. The fourth-order valence-electron chi connectivity index (χ4n) is 3.00. The van der Waals surface area contributed by atoms with E-state index in [0.717, 1.165) is 25.7 Å². The lowest BCUT2D eigenvalue weighted by molar-refractivity contribution is -0.385. The van der Waals surface area contributed by atoms with Crippen LogP contribution in [-0.4, -0.2) is 23.0 Å². The van der Waals surface area contributed by atoms with Crippen molar-refractivity contribution in [2.45, 2.75) is 51.0 Å². The molecule has 0 atom stereocenters. The van der Waals surface area contributed by atoms with Gasteiger partial charge in [-0.2, -0.15) is 5.26 Å². The molecule has 0 spiro atoms. The summed E-state index contributed by atoms with van der Waals surface area (Å²) in [4.78, 5) is 22.6. The molecule has 1 aromatic rings. The molecule has 1 N–H and O–H groups in total. The monoisotopic (exact) mass is 331 g/mol. The predicted octanol–water partition coefficient (Wildman–Crippen LogP) is 3.01. The highest BCUT2D eigenvalue weighted by Gasteiger charge is 2.32. The molecule has 0 heterocycles.